The number of pyridine rings is 2. The fourth-order valence-corrected chi connectivity index (χ4v) is 3.23. The minimum absolute atomic E-state index is 0.0428. The van der Waals surface area contributed by atoms with Gasteiger partial charge in [-0.05, 0) is 43.5 Å². The Labute approximate surface area is 159 Å². The number of rotatable bonds is 5. The predicted molar refractivity (Wildman–Crippen MR) is 104 cm³/mol. The summed E-state index contributed by atoms with van der Waals surface area (Å²) in [7, 11) is 0. The van der Waals surface area contributed by atoms with Crippen molar-refractivity contribution in [2.45, 2.75) is 32.6 Å². The van der Waals surface area contributed by atoms with Crippen LogP contribution >= 0.6 is 0 Å². The minimum atomic E-state index is -0.190. The van der Waals surface area contributed by atoms with Gasteiger partial charge in [0.25, 0.3) is 0 Å². The highest BCUT2D eigenvalue weighted by atomic mass is 16.2. The summed E-state index contributed by atoms with van der Waals surface area (Å²) >= 11 is 0. The molecule has 1 aliphatic rings. The Balaban J connectivity index is 1.61. The van der Waals surface area contributed by atoms with Gasteiger partial charge in [0.05, 0.1) is 18.4 Å². The summed E-state index contributed by atoms with van der Waals surface area (Å²) in [5.41, 5.74) is 2.94. The Hall–Kier alpha value is -2.96. The van der Waals surface area contributed by atoms with Gasteiger partial charge in [0.2, 0.25) is 11.8 Å². The molecule has 2 N–H and O–H groups in total. The number of carbonyl (C=O) groups is 2. The van der Waals surface area contributed by atoms with Crippen LogP contribution in [0.25, 0.3) is 0 Å². The van der Waals surface area contributed by atoms with Crippen molar-refractivity contribution < 1.29 is 9.59 Å². The summed E-state index contributed by atoms with van der Waals surface area (Å²) in [5, 5.41) is 5.85. The van der Waals surface area contributed by atoms with Gasteiger partial charge in [-0.15, -0.1) is 0 Å². The number of hydrogen-bond acceptors (Lipinski definition) is 5. The molecule has 2 aromatic heterocycles. The molecule has 0 saturated carbocycles. The molecule has 1 fully saturated rings. The van der Waals surface area contributed by atoms with Gasteiger partial charge in [-0.3, -0.25) is 14.6 Å². The Morgan fingerprint density at radius 1 is 1.26 bits per heavy atom. The van der Waals surface area contributed by atoms with Crippen LogP contribution in [0.3, 0.4) is 0 Å². The van der Waals surface area contributed by atoms with Crippen molar-refractivity contribution in [2.75, 3.05) is 25.0 Å². The van der Waals surface area contributed by atoms with Gasteiger partial charge in [-0.25, -0.2) is 4.98 Å². The molecular weight excluding hydrogens is 342 g/mol. The Bertz CT molecular complexity index is 806. The van der Waals surface area contributed by atoms with Gasteiger partial charge in [-0.1, -0.05) is 6.07 Å². The zero-order valence-corrected chi connectivity index (χ0v) is 15.7. The van der Waals surface area contributed by atoms with E-state index in [2.05, 4.69) is 20.6 Å². The second-order valence-corrected chi connectivity index (χ2v) is 6.85. The van der Waals surface area contributed by atoms with Crippen LogP contribution in [0.2, 0.25) is 0 Å². The number of nitrogens with one attached hydrogen (secondary N) is 2. The van der Waals surface area contributed by atoms with Gasteiger partial charge in [0, 0.05) is 37.8 Å². The maximum absolute atomic E-state index is 12.2. The molecule has 142 valence electrons. The smallest absolute Gasteiger partial charge is 0.241 e. The molecule has 2 aromatic rings. The van der Waals surface area contributed by atoms with Gasteiger partial charge in [0.1, 0.15) is 5.82 Å². The van der Waals surface area contributed by atoms with Crippen LogP contribution in [0.5, 0.6) is 0 Å². The maximum Gasteiger partial charge on any atom is 0.241 e. The second-order valence-electron chi connectivity index (χ2n) is 6.85. The van der Waals surface area contributed by atoms with E-state index in [1.54, 1.807) is 6.20 Å². The highest BCUT2D eigenvalue weighted by Crippen LogP contribution is 2.27. The van der Waals surface area contributed by atoms with Gasteiger partial charge in [-0.2, -0.15) is 0 Å². The average molecular weight is 367 g/mol. The van der Waals surface area contributed by atoms with E-state index in [9.17, 15) is 9.59 Å². The molecule has 0 aliphatic carbocycles. The van der Waals surface area contributed by atoms with Crippen molar-refractivity contribution in [3.05, 3.63) is 47.9 Å². The molecule has 0 bridgehead atoms. The summed E-state index contributed by atoms with van der Waals surface area (Å²) in [6.45, 7) is 4.84. The number of carbonyl (C=O) groups excluding carboxylic acids is 2. The molecule has 0 radical (unpaired) electrons. The third kappa shape index (κ3) is 5.03. The number of nitrogens with zero attached hydrogens (tertiary/aromatic N) is 3. The van der Waals surface area contributed by atoms with E-state index in [0.29, 0.717) is 6.54 Å². The Morgan fingerprint density at radius 3 is 2.81 bits per heavy atom. The SMILES string of the molecule is CC(=O)NCC(=O)N1CCC[C@H](c2ccc(Nc3ncccc3C)cn2)C1. The molecule has 0 aromatic carbocycles. The molecular formula is C20H25N5O2. The zero-order chi connectivity index (χ0) is 19.2. The lowest BCUT2D eigenvalue weighted by Gasteiger charge is -2.32. The molecule has 1 aliphatic heterocycles. The number of piperidine rings is 1. The lowest BCUT2D eigenvalue weighted by molar-refractivity contribution is -0.133. The largest absolute Gasteiger partial charge is 0.347 e. The van der Waals surface area contributed by atoms with E-state index in [0.717, 1.165) is 42.1 Å². The first-order valence-electron chi connectivity index (χ1n) is 9.19. The summed E-state index contributed by atoms with van der Waals surface area (Å²) < 4.78 is 0. The minimum Gasteiger partial charge on any atom is -0.347 e. The number of aromatic nitrogens is 2. The number of aryl methyl sites for hydroxylation is 1. The van der Waals surface area contributed by atoms with Gasteiger partial charge in [0.15, 0.2) is 0 Å². The maximum atomic E-state index is 12.2. The Kier molecular flexibility index (Phi) is 6.01. The van der Waals surface area contributed by atoms with E-state index >= 15 is 0 Å². The first-order valence-corrected chi connectivity index (χ1v) is 9.19. The molecule has 3 rings (SSSR count). The molecule has 27 heavy (non-hydrogen) atoms. The normalized spacial score (nSPS) is 16.7. The third-order valence-corrected chi connectivity index (χ3v) is 4.74. The van der Waals surface area contributed by atoms with Crippen LogP contribution in [0.4, 0.5) is 11.5 Å². The van der Waals surface area contributed by atoms with Crippen molar-refractivity contribution >= 4 is 23.3 Å². The number of amides is 2. The molecule has 0 spiro atoms. The molecule has 2 amide bonds. The summed E-state index contributed by atoms with van der Waals surface area (Å²) in [6, 6.07) is 7.91. The fourth-order valence-electron chi connectivity index (χ4n) is 3.23. The van der Waals surface area contributed by atoms with E-state index < -0.39 is 0 Å². The van der Waals surface area contributed by atoms with Crippen molar-refractivity contribution in [1.29, 1.82) is 0 Å². The lowest BCUT2D eigenvalue weighted by Crippen LogP contribution is -2.44. The van der Waals surface area contributed by atoms with Crippen LogP contribution < -0.4 is 10.6 Å². The number of anilines is 2. The first kappa shape index (κ1) is 18.8. The fraction of sp³-hybridized carbons (Fsp3) is 0.400. The van der Waals surface area contributed by atoms with E-state index in [4.69, 9.17) is 0 Å². The number of likely N-dealkylation sites (tertiary alicyclic amines) is 1. The molecule has 1 atom stereocenters. The van der Waals surface area contributed by atoms with Crippen molar-refractivity contribution in [3.8, 4) is 0 Å². The van der Waals surface area contributed by atoms with Crippen LogP contribution in [-0.2, 0) is 9.59 Å². The van der Waals surface area contributed by atoms with Crippen LogP contribution in [0.15, 0.2) is 36.7 Å². The van der Waals surface area contributed by atoms with E-state index in [1.807, 2.05) is 42.3 Å². The molecule has 3 heterocycles. The average Bonchev–Trinajstić information content (AvgIpc) is 2.68. The highest BCUT2D eigenvalue weighted by molar-refractivity contribution is 5.83. The third-order valence-electron chi connectivity index (χ3n) is 4.74. The van der Waals surface area contributed by atoms with E-state index in [1.165, 1.54) is 6.92 Å². The quantitative estimate of drug-likeness (QED) is 0.847. The topological polar surface area (TPSA) is 87.2 Å². The van der Waals surface area contributed by atoms with Crippen LogP contribution in [0.1, 0.15) is 36.9 Å². The number of hydrogen-bond donors (Lipinski definition) is 2. The molecule has 7 heteroatoms. The van der Waals surface area contributed by atoms with Crippen molar-refractivity contribution in [3.63, 3.8) is 0 Å². The summed E-state index contributed by atoms with van der Waals surface area (Å²) in [5.74, 6) is 0.800. The zero-order valence-electron chi connectivity index (χ0n) is 15.7. The monoisotopic (exact) mass is 367 g/mol. The highest BCUT2D eigenvalue weighted by Gasteiger charge is 2.25. The molecule has 1 saturated heterocycles. The van der Waals surface area contributed by atoms with Gasteiger partial charge >= 0.3 is 0 Å². The second kappa shape index (κ2) is 8.62. The van der Waals surface area contributed by atoms with E-state index in [-0.39, 0.29) is 24.3 Å². The van der Waals surface area contributed by atoms with Gasteiger partial charge < -0.3 is 15.5 Å². The standard InChI is InChI=1S/C20H25N5O2/c1-14-5-3-9-21-20(14)24-17-7-8-18(23-11-17)16-6-4-10-25(13-16)19(27)12-22-15(2)26/h3,5,7-9,11,16H,4,6,10,12-13H2,1-2H3,(H,21,24)(H,22,26)/t16-/m0/s1. The Morgan fingerprint density at radius 2 is 2.11 bits per heavy atom. The molecule has 7 nitrogen and oxygen atoms in total. The van der Waals surface area contributed by atoms with Crippen molar-refractivity contribution in [2.24, 2.45) is 0 Å². The summed E-state index contributed by atoms with van der Waals surface area (Å²) in [6.07, 6.45) is 5.50. The summed E-state index contributed by atoms with van der Waals surface area (Å²) in [4.78, 5) is 34.0. The predicted octanol–water partition coefficient (Wildman–Crippen LogP) is 2.37. The van der Waals surface area contributed by atoms with Crippen LogP contribution in [-0.4, -0.2) is 46.3 Å². The lowest BCUT2D eigenvalue weighted by atomic mass is 9.94. The first-order chi connectivity index (χ1) is 13.0. The van der Waals surface area contributed by atoms with Crippen molar-refractivity contribution in [1.82, 2.24) is 20.2 Å². The molecule has 0 unspecified atom stereocenters. The van der Waals surface area contributed by atoms with Crippen LogP contribution in [0, 0.1) is 6.92 Å².